The fourth-order valence-corrected chi connectivity index (χ4v) is 3.05. The van der Waals surface area contributed by atoms with Gasteiger partial charge in [-0.2, -0.15) is 0 Å². The van der Waals surface area contributed by atoms with Crippen LogP contribution in [0.25, 0.3) is 0 Å². The molecule has 1 amide bonds. The van der Waals surface area contributed by atoms with Crippen molar-refractivity contribution < 1.29 is 14.4 Å². The highest BCUT2D eigenvalue weighted by Gasteiger charge is 2.29. The van der Waals surface area contributed by atoms with E-state index in [-0.39, 0.29) is 11.9 Å². The lowest BCUT2D eigenvalue weighted by atomic mass is 10.2. The zero-order valence-corrected chi connectivity index (χ0v) is 14.6. The number of ether oxygens (including phenoxy) is 1. The minimum absolute atomic E-state index is 0.0193. The van der Waals surface area contributed by atoms with E-state index < -0.39 is 0 Å². The molecule has 5 nitrogen and oxygen atoms in total. The van der Waals surface area contributed by atoms with Gasteiger partial charge in [0.05, 0.1) is 38.5 Å². The number of piperazine rings is 1. The molecule has 2 N–H and O–H groups in total. The Morgan fingerprint density at radius 2 is 2.00 bits per heavy atom. The molecular weight excluding hydrogens is 290 g/mol. The molecule has 23 heavy (non-hydrogen) atoms. The number of carbonyl (C=O) groups excluding carboxylic acids is 1. The number of rotatable bonds is 7. The van der Waals surface area contributed by atoms with Crippen LogP contribution in [0.15, 0.2) is 24.3 Å². The molecule has 0 unspecified atom stereocenters. The maximum atomic E-state index is 12.1. The SMILES string of the molecule is CCCNC(=O)[C@@H](C)[NH+]1CCN(c2ccccc2OCC)CC1. The fraction of sp³-hybridized carbons (Fsp3) is 0.611. The number of nitrogens with zero attached hydrogens (tertiary/aromatic N) is 1. The standard InChI is InChI=1S/C18H29N3O2/c1-4-10-19-18(22)15(3)20-11-13-21(14-12-20)16-8-6-7-9-17(16)23-5-2/h6-9,15H,4-5,10-14H2,1-3H3,(H,19,22)/p+1/t15-/m1/s1. The predicted octanol–water partition coefficient (Wildman–Crippen LogP) is 0.705. The van der Waals surface area contributed by atoms with Crippen molar-refractivity contribution >= 4 is 11.6 Å². The minimum atomic E-state index is 0.0193. The molecule has 1 aliphatic rings. The van der Waals surface area contributed by atoms with Crippen LogP contribution in [0.4, 0.5) is 5.69 Å². The Morgan fingerprint density at radius 1 is 1.30 bits per heavy atom. The summed E-state index contributed by atoms with van der Waals surface area (Å²) in [6, 6.07) is 8.23. The van der Waals surface area contributed by atoms with E-state index in [2.05, 4.69) is 29.3 Å². The molecule has 1 heterocycles. The topological polar surface area (TPSA) is 46.0 Å². The largest absolute Gasteiger partial charge is 0.492 e. The Morgan fingerprint density at radius 3 is 2.65 bits per heavy atom. The van der Waals surface area contributed by atoms with Crippen molar-refractivity contribution in [3.8, 4) is 5.75 Å². The van der Waals surface area contributed by atoms with Gasteiger partial charge in [0.15, 0.2) is 6.04 Å². The monoisotopic (exact) mass is 320 g/mol. The summed E-state index contributed by atoms with van der Waals surface area (Å²) in [5.74, 6) is 1.12. The van der Waals surface area contributed by atoms with Crippen LogP contribution in [-0.2, 0) is 4.79 Å². The molecule has 0 radical (unpaired) electrons. The maximum absolute atomic E-state index is 12.1. The number of hydrogen-bond acceptors (Lipinski definition) is 3. The third-order valence-electron chi connectivity index (χ3n) is 4.47. The van der Waals surface area contributed by atoms with Crippen LogP contribution in [0.3, 0.4) is 0 Å². The number of hydrogen-bond donors (Lipinski definition) is 2. The van der Waals surface area contributed by atoms with Gasteiger partial charge in [0.1, 0.15) is 5.75 Å². The number of anilines is 1. The van der Waals surface area contributed by atoms with Gasteiger partial charge in [-0.15, -0.1) is 0 Å². The number of para-hydroxylation sites is 2. The number of amides is 1. The average molecular weight is 320 g/mol. The van der Waals surface area contributed by atoms with E-state index in [1.54, 1.807) is 0 Å². The van der Waals surface area contributed by atoms with Gasteiger partial charge in [0.25, 0.3) is 5.91 Å². The van der Waals surface area contributed by atoms with Gasteiger partial charge in [-0.3, -0.25) is 4.79 Å². The summed E-state index contributed by atoms with van der Waals surface area (Å²) < 4.78 is 5.73. The van der Waals surface area contributed by atoms with Crippen molar-refractivity contribution in [3.63, 3.8) is 0 Å². The van der Waals surface area contributed by atoms with Gasteiger partial charge >= 0.3 is 0 Å². The molecule has 1 fully saturated rings. The third kappa shape index (κ3) is 4.61. The molecule has 1 aliphatic heterocycles. The van der Waals surface area contributed by atoms with Crippen molar-refractivity contribution in [1.82, 2.24) is 5.32 Å². The molecule has 0 aromatic heterocycles. The van der Waals surface area contributed by atoms with Crippen LogP contribution in [0.1, 0.15) is 27.2 Å². The normalized spacial score (nSPS) is 16.9. The Bertz CT molecular complexity index is 499. The smallest absolute Gasteiger partial charge is 0.278 e. The van der Waals surface area contributed by atoms with Gasteiger partial charge in [0, 0.05) is 6.54 Å². The molecule has 0 bridgehead atoms. The lowest BCUT2D eigenvalue weighted by molar-refractivity contribution is -0.914. The molecule has 2 rings (SSSR count). The van der Waals surface area contributed by atoms with E-state index >= 15 is 0 Å². The Kier molecular flexibility index (Phi) is 6.71. The summed E-state index contributed by atoms with van der Waals surface area (Å²) in [6.45, 7) is 11.4. The number of carbonyl (C=O) groups is 1. The van der Waals surface area contributed by atoms with Crippen LogP contribution >= 0.6 is 0 Å². The molecule has 5 heteroatoms. The highest BCUT2D eigenvalue weighted by molar-refractivity contribution is 5.79. The van der Waals surface area contributed by atoms with Crippen molar-refractivity contribution in [1.29, 1.82) is 0 Å². The van der Waals surface area contributed by atoms with Crippen molar-refractivity contribution in [2.75, 3.05) is 44.2 Å². The second kappa shape index (κ2) is 8.77. The molecule has 0 saturated carbocycles. The first kappa shape index (κ1) is 17.6. The predicted molar refractivity (Wildman–Crippen MR) is 93.3 cm³/mol. The molecule has 1 aromatic carbocycles. The van der Waals surface area contributed by atoms with Crippen LogP contribution in [0.5, 0.6) is 5.75 Å². The summed E-state index contributed by atoms with van der Waals surface area (Å²) in [5.41, 5.74) is 1.16. The van der Waals surface area contributed by atoms with Gasteiger partial charge in [-0.25, -0.2) is 0 Å². The first-order valence-electron chi connectivity index (χ1n) is 8.76. The van der Waals surface area contributed by atoms with Crippen LogP contribution in [0, 0.1) is 0 Å². The average Bonchev–Trinajstić information content (AvgIpc) is 2.60. The minimum Gasteiger partial charge on any atom is -0.492 e. The van der Waals surface area contributed by atoms with E-state index in [1.165, 1.54) is 4.90 Å². The zero-order valence-electron chi connectivity index (χ0n) is 14.6. The lowest BCUT2D eigenvalue weighted by Crippen LogP contribution is -3.19. The summed E-state index contributed by atoms with van der Waals surface area (Å²) in [4.78, 5) is 15.9. The van der Waals surface area contributed by atoms with E-state index in [9.17, 15) is 4.79 Å². The molecule has 128 valence electrons. The summed E-state index contributed by atoms with van der Waals surface area (Å²) in [5, 5.41) is 3.00. The number of nitrogens with one attached hydrogen (secondary N) is 2. The van der Waals surface area contributed by atoms with Crippen LogP contribution in [0.2, 0.25) is 0 Å². The van der Waals surface area contributed by atoms with Crippen LogP contribution < -0.4 is 19.9 Å². The molecule has 0 spiro atoms. The number of quaternary nitrogens is 1. The van der Waals surface area contributed by atoms with Gasteiger partial charge < -0.3 is 19.9 Å². The molecule has 1 aromatic rings. The number of benzene rings is 1. The summed E-state index contributed by atoms with van der Waals surface area (Å²) in [6.07, 6.45) is 0.982. The van der Waals surface area contributed by atoms with Crippen molar-refractivity contribution in [3.05, 3.63) is 24.3 Å². The fourth-order valence-electron chi connectivity index (χ4n) is 3.05. The molecule has 1 saturated heterocycles. The highest BCUT2D eigenvalue weighted by atomic mass is 16.5. The zero-order chi connectivity index (χ0) is 16.7. The van der Waals surface area contributed by atoms with Crippen LogP contribution in [-0.4, -0.2) is 51.3 Å². The first-order valence-corrected chi connectivity index (χ1v) is 8.76. The van der Waals surface area contributed by atoms with Gasteiger partial charge in [-0.1, -0.05) is 19.1 Å². The lowest BCUT2D eigenvalue weighted by Gasteiger charge is -2.36. The highest BCUT2D eigenvalue weighted by Crippen LogP contribution is 2.27. The molecule has 1 atom stereocenters. The summed E-state index contributed by atoms with van der Waals surface area (Å²) in [7, 11) is 0. The van der Waals surface area contributed by atoms with E-state index in [0.29, 0.717) is 6.61 Å². The Hall–Kier alpha value is -1.75. The van der Waals surface area contributed by atoms with E-state index in [1.807, 2.05) is 26.0 Å². The van der Waals surface area contributed by atoms with E-state index in [4.69, 9.17) is 4.74 Å². The van der Waals surface area contributed by atoms with Crippen molar-refractivity contribution in [2.24, 2.45) is 0 Å². The first-order chi connectivity index (χ1) is 11.2. The van der Waals surface area contributed by atoms with E-state index in [0.717, 1.165) is 50.6 Å². The maximum Gasteiger partial charge on any atom is 0.278 e. The second-order valence-electron chi connectivity index (χ2n) is 6.06. The molecule has 0 aliphatic carbocycles. The third-order valence-corrected chi connectivity index (χ3v) is 4.47. The van der Waals surface area contributed by atoms with Crippen molar-refractivity contribution in [2.45, 2.75) is 33.2 Å². The van der Waals surface area contributed by atoms with Gasteiger partial charge in [-0.05, 0) is 32.4 Å². The van der Waals surface area contributed by atoms with Gasteiger partial charge in [0.2, 0.25) is 0 Å². The summed E-state index contributed by atoms with van der Waals surface area (Å²) >= 11 is 0. The second-order valence-corrected chi connectivity index (χ2v) is 6.06. The molecular formula is C18H30N3O2+. The Balaban J connectivity index is 1.92. The Labute approximate surface area is 139 Å². The quantitative estimate of drug-likeness (QED) is 0.778.